The van der Waals surface area contributed by atoms with Crippen LogP contribution in [0, 0.1) is 23.7 Å². The van der Waals surface area contributed by atoms with E-state index in [0.29, 0.717) is 31.2 Å². The fourth-order valence-electron chi connectivity index (χ4n) is 5.04. The third-order valence-electron chi connectivity index (χ3n) is 6.34. The monoisotopic (exact) mass is 445 g/mol. The van der Waals surface area contributed by atoms with Crippen LogP contribution in [-0.4, -0.2) is 70.8 Å². The number of likely N-dealkylation sites (tertiary alicyclic amines) is 1. The molecular weight excluding hydrogens is 406 g/mol. The second-order valence-electron chi connectivity index (χ2n) is 9.04. The molecule has 1 unspecified atom stereocenters. The SMILES string of the molecule is C#CCCN(CC(C)NC(=O)CO)C(=O)N1CC2(CC(CC3=CCCC=C3O)C2)C1.CC. The van der Waals surface area contributed by atoms with Crippen molar-refractivity contribution in [3.8, 4) is 12.3 Å². The molecule has 3 aliphatic rings. The van der Waals surface area contributed by atoms with Crippen molar-refractivity contribution >= 4 is 11.9 Å². The lowest BCUT2D eigenvalue weighted by Crippen LogP contribution is -2.66. The van der Waals surface area contributed by atoms with Crippen LogP contribution in [0.1, 0.15) is 59.3 Å². The van der Waals surface area contributed by atoms with Crippen LogP contribution in [0.5, 0.6) is 0 Å². The van der Waals surface area contributed by atoms with E-state index in [1.54, 1.807) is 4.90 Å². The number of amides is 3. The average molecular weight is 446 g/mol. The molecule has 2 aliphatic carbocycles. The van der Waals surface area contributed by atoms with Gasteiger partial charge in [-0.1, -0.05) is 19.9 Å². The van der Waals surface area contributed by atoms with E-state index < -0.39 is 12.5 Å². The molecule has 7 heteroatoms. The van der Waals surface area contributed by atoms with Gasteiger partial charge in [-0.2, -0.15) is 0 Å². The van der Waals surface area contributed by atoms with Gasteiger partial charge in [-0.15, -0.1) is 12.3 Å². The van der Waals surface area contributed by atoms with Gasteiger partial charge in [0.15, 0.2) is 0 Å². The lowest BCUT2D eigenvalue weighted by molar-refractivity contribution is -0.124. The predicted molar refractivity (Wildman–Crippen MR) is 126 cm³/mol. The van der Waals surface area contributed by atoms with Gasteiger partial charge < -0.3 is 25.3 Å². The summed E-state index contributed by atoms with van der Waals surface area (Å²) in [5.41, 5.74) is 1.30. The van der Waals surface area contributed by atoms with Crippen molar-refractivity contribution in [2.45, 2.75) is 65.3 Å². The zero-order chi connectivity index (χ0) is 23.7. The normalized spacial score (nSPS) is 19.8. The Labute approximate surface area is 192 Å². The van der Waals surface area contributed by atoms with Gasteiger partial charge in [-0.05, 0) is 56.6 Å². The minimum absolute atomic E-state index is 0.0417. The Balaban J connectivity index is 0.00000176. The first kappa shape index (κ1) is 25.8. The number of nitrogens with one attached hydrogen (secondary N) is 1. The number of urea groups is 1. The molecule has 3 N–H and O–H groups in total. The lowest BCUT2D eigenvalue weighted by Gasteiger charge is -2.59. The second-order valence-corrected chi connectivity index (χ2v) is 9.04. The molecule has 0 bridgehead atoms. The molecule has 3 rings (SSSR count). The number of hydrogen-bond donors (Lipinski definition) is 3. The molecule has 1 heterocycles. The van der Waals surface area contributed by atoms with Gasteiger partial charge in [-0.25, -0.2) is 4.79 Å². The van der Waals surface area contributed by atoms with E-state index >= 15 is 0 Å². The highest BCUT2D eigenvalue weighted by Gasteiger charge is 2.54. The van der Waals surface area contributed by atoms with Gasteiger partial charge in [-0.3, -0.25) is 4.79 Å². The molecular formula is C25H39N3O4. The Morgan fingerprint density at radius 3 is 2.56 bits per heavy atom. The summed E-state index contributed by atoms with van der Waals surface area (Å²) in [5.74, 6) is 3.14. The van der Waals surface area contributed by atoms with Gasteiger partial charge in [0.2, 0.25) is 5.91 Å². The number of nitrogens with zero attached hydrogens (tertiary/aromatic N) is 2. The molecule has 3 amide bonds. The average Bonchev–Trinajstić information content (AvgIpc) is 2.74. The number of terminal acetylenes is 1. The summed E-state index contributed by atoms with van der Waals surface area (Å²) in [6.07, 6.45) is 14.9. The number of aliphatic hydroxyl groups is 2. The third kappa shape index (κ3) is 6.52. The zero-order valence-corrected chi connectivity index (χ0v) is 19.8. The summed E-state index contributed by atoms with van der Waals surface area (Å²) in [6, 6.07) is -0.306. The highest BCUT2D eigenvalue weighted by Crippen LogP contribution is 2.54. The van der Waals surface area contributed by atoms with Gasteiger partial charge in [0.25, 0.3) is 0 Å². The molecule has 0 radical (unpaired) electrons. The van der Waals surface area contributed by atoms with Crippen molar-refractivity contribution in [1.29, 1.82) is 0 Å². The first-order valence-electron chi connectivity index (χ1n) is 11.8. The van der Waals surface area contributed by atoms with Gasteiger partial charge in [0.1, 0.15) is 12.4 Å². The Kier molecular flexibility index (Phi) is 9.64. The summed E-state index contributed by atoms with van der Waals surface area (Å²) in [6.45, 7) is 7.56. The van der Waals surface area contributed by atoms with E-state index in [1.807, 2.05) is 31.7 Å². The Morgan fingerprint density at radius 2 is 1.97 bits per heavy atom. The third-order valence-corrected chi connectivity index (χ3v) is 6.34. The van der Waals surface area contributed by atoms with E-state index in [1.165, 1.54) is 0 Å². The number of carbonyl (C=O) groups is 2. The molecule has 32 heavy (non-hydrogen) atoms. The Hall–Kier alpha value is -2.46. The van der Waals surface area contributed by atoms with E-state index in [9.17, 15) is 14.7 Å². The minimum atomic E-state index is -0.567. The first-order chi connectivity index (χ1) is 15.4. The molecule has 1 spiro atoms. The molecule has 1 saturated heterocycles. The molecule has 7 nitrogen and oxygen atoms in total. The molecule has 0 aromatic rings. The predicted octanol–water partition coefficient (Wildman–Crippen LogP) is 3.22. The maximum atomic E-state index is 13.0. The van der Waals surface area contributed by atoms with Crippen molar-refractivity contribution in [2.75, 3.05) is 32.8 Å². The van der Waals surface area contributed by atoms with Crippen LogP contribution in [0.15, 0.2) is 23.5 Å². The fourth-order valence-corrected chi connectivity index (χ4v) is 5.04. The topological polar surface area (TPSA) is 93.1 Å². The number of aliphatic hydroxyl groups excluding tert-OH is 2. The van der Waals surface area contributed by atoms with Gasteiger partial charge in [0.05, 0.1) is 0 Å². The van der Waals surface area contributed by atoms with Gasteiger partial charge >= 0.3 is 6.03 Å². The quantitative estimate of drug-likeness (QED) is 0.500. The van der Waals surface area contributed by atoms with Crippen LogP contribution >= 0.6 is 0 Å². The van der Waals surface area contributed by atoms with Crippen LogP contribution in [0.4, 0.5) is 4.79 Å². The van der Waals surface area contributed by atoms with Crippen molar-refractivity contribution < 1.29 is 19.8 Å². The number of allylic oxidation sites excluding steroid dienone is 3. The van der Waals surface area contributed by atoms with E-state index in [0.717, 1.165) is 50.8 Å². The molecule has 0 aromatic heterocycles. The highest BCUT2D eigenvalue weighted by molar-refractivity contribution is 5.78. The highest BCUT2D eigenvalue weighted by atomic mass is 16.3. The second kappa shape index (κ2) is 12.0. The lowest BCUT2D eigenvalue weighted by atomic mass is 9.56. The van der Waals surface area contributed by atoms with Crippen LogP contribution in [0.2, 0.25) is 0 Å². The molecule has 178 valence electrons. The summed E-state index contributed by atoms with van der Waals surface area (Å²) < 4.78 is 0. The summed E-state index contributed by atoms with van der Waals surface area (Å²) in [7, 11) is 0. The zero-order valence-electron chi connectivity index (χ0n) is 19.8. The van der Waals surface area contributed by atoms with E-state index in [-0.39, 0.29) is 17.5 Å². The number of hydrogen-bond acceptors (Lipinski definition) is 4. The summed E-state index contributed by atoms with van der Waals surface area (Å²) >= 11 is 0. The van der Waals surface area contributed by atoms with Crippen molar-refractivity contribution in [2.24, 2.45) is 11.3 Å². The smallest absolute Gasteiger partial charge is 0.320 e. The Morgan fingerprint density at radius 1 is 1.31 bits per heavy atom. The number of carbonyl (C=O) groups excluding carboxylic acids is 2. The van der Waals surface area contributed by atoms with Gasteiger partial charge in [0, 0.05) is 44.1 Å². The van der Waals surface area contributed by atoms with Crippen LogP contribution in [0.25, 0.3) is 0 Å². The van der Waals surface area contributed by atoms with Crippen molar-refractivity contribution in [3.63, 3.8) is 0 Å². The maximum Gasteiger partial charge on any atom is 0.320 e. The molecule has 2 fully saturated rings. The van der Waals surface area contributed by atoms with Crippen molar-refractivity contribution in [1.82, 2.24) is 15.1 Å². The first-order valence-corrected chi connectivity index (χ1v) is 11.8. The van der Waals surface area contributed by atoms with Crippen molar-refractivity contribution in [3.05, 3.63) is 23.5 Å². The molecule has 0 aromatic carbocycles. The largest absolute Gasteiger partial charge is 0.508 e. The standard InChI is InChI=1S/C23H33N3O4.C2H6/c1-3-4-9-25(13-17(2)24-21(29)14-27)22(30)26-15-23(16-26)11-18(12-23)10-19-7-5-6-8-20(19)28;1-2/h1,7-8,17-18,27-28H,4-6,9-16H2,2H3,(H,24,29);1-2H3. The molecule has 1 atom stereocenters. The maximum absolute atomic E-state index is 13.0. The van der Waals surface area contributed by atoms with E-state index in [2.05, 4.69) is 17.3 Å². The Bertz CT molecular complexity index is 754. The summed E-state index contributed by atoms with van der Waals surface area (Å²) in [5, 5.41) is 21.6. The summed E-state index contributed by atoms with van der Waals surface area (Å²) in [4.78, 5) is 27.9. The molecule has 1 aliphatic heterocycles. The minimum Gasteiger partial charge on any atom is -0.508 e. The van der Waals surface area contributed by atoms with E-state index in [4.69, 9.17) is 11.5 Å². The number of rotatable bonds is 8. The fraction of sp³-hybridized carbons (Fsp3) is 0.680. The van der Waals surface area contributed by atoms with Crippen LogP contribution < -0.4 is 5.32 Å². The molecule has 1 saturated carbocycles. The van der Waals surface area contributed by atoms with Crippen LogP contribution in [0.3, 0.4) is 0 Å². The van der Waals surface area contributed by atoms with Crippen LogP contribution in [-0.2, 0) is 4.79 Å².